The van der Waals surface area contributed by atoms with Crippen molar-refractivity contribution in [3.05, 3.63) is 18.1 Å². The lowest BCUT2D eigenvalue weighted by atomic mass is 10.2. The maximum atomic E-state index is 12.3. The van der Waals surface area contributed by atoms with E-state index in [1.807, 2.05) is 4.90 Å². The third-order valence-electron chi connectivity index (χ3n) is 2.87. The number of amides is 1. The van der Waals surface area contributed by atoms with E-state index in [9.17, 15) is 4.79 Å². The Morgan fingerprint density at radius 3 is 2.26 bits per heavy atom. The van der Waals surface area contributed by atoms with Crippen LogP contribution in [0, 0.1) is 0 Å². The molecular weight excluding hydrogens is 242 g/mol. The summed E-state index contributed by atoms with van der Waals surface area (Å²) in [4.78, 5) is 22.3. The average molecular weight is 265 g/mol. The van der Waals surface area contributed by atoms with Crippen molar-refractivity contribution < 1.29 is 4.79 Å². The Hall–Kier alpha value is -1.69. The second kappa shape index (κ2) is 8.42. The van der Waals surface area contributed by atoms with Crippen LogP contribution in [-0.4, -0.2) is 33.9 Å². The molecule has 1 heterocycles. The number of hydrogen-bond acceptors (Lipinski definition) is 5. The topological polar surface area (TPSA) is 84.1 Å². The molecule has 1 amide bonds. The summed E-state index contributed by atoms with van der Waals surface area (Å²) in [6, 6.07) is 0. The molecule has 19 heavy (non-hydrogen) atoms. The minimum absolute atomic E-state index is 0.0574. The van der Waals surface area contributed by atoms with Crippen LogP contribution in [0.2, 0.25) is 0 Å². The fraction of sp³-hybridized carbons (Fsp3) is 0.615. The Bertz CT molecular complexity index is 371. The van der Waals surface area contributed by atoms with E-state index in [-0.39, 0.29) is 5.91 Å². The number of unbranched alkanes of at least 4 members (excludes halogenated alkanes) is 2. The van der Waals surface area contributed by atoms with Crippen LogP contribution in [0.25, 0.3) is 0 Å². The number of hydrogen-bond donors (Lipinski definition) is 2. The summed E-state index contributed by atoms with van der Waals surface area (Å²) in [5.41, 5.74) is 2.76. The minimum atomic E-state index is -0.0574. The van der Waals surface area contributed by atoms with E-state index in [4.69, 9.17) is 5.84 Å². The van der Waals surface area contributed by atoms with Gasteiger partial charge in [-0.15, -0.1) is 0 Å². The molecule has 106 valence electrons. The van der Waals surface area contributed by atoms with Gasteiger partial charge in [-0.05, 0) is 12.8 Å². The fourth-order valence-electron chi connectivity index (χ4n) is 1.69. The van der Waals surface area contributed by atoms with Crippen molar-refractivity contribution in [2.24, 2.45) is 5.84 Å². The first-order valence-electron chi connectivity index (χ1n) is 6.80. The highest BCUT2D eigenvalue weighted by molar-refractivity contribution is 5.92. The van der Waals surface area contributed by atoms with Crippen molar-refractivity contribution in [3.63, 3.8) is 0 Å². The second-order valence-corrected chi connectivity index (χ2v) is 4.43. The molecule has 0 saturated heterocycles. The van der Waals surface area contributed by atoms with Crippen LogP contribution in [0.15, 0.2) is 12.4 Å². The van der Waals surface area contributed by atoms with E-state index in [0.29, 0.717) is 11.5 Å². The molecule has 0 saturated carbocycles. The number of nitrogens with zero attached hydrogens (tertiary/aromatic N) is 3. The summed E-state index contributed by atoms with van der Waals surface area (Å²) >= 11 is 0. The predicted octanol–water partition coefficient (Wildman–Crippen LogP) is 1.80. The molecule has 1 aromatic heterocycles. The molecule has 0 bridgehead atoms. The first-order valence-corrected chi connectivity index (χ1v) is 6.80. The quantitative estimate of drug-likeness (QED) is 0.553. The van der Waals surface area contributed by atoms with Gasteiger partial charge in [0.15, 0.2) is 5.82 Å². The highest BCUT2D eigenvalue weighted by atomic mass is 16.2. The number of carbonyl (C=O) groups is 1. The number of hydrazine groups is 1. The molecule has 0 aliphatic carbocycles. The molecule has 1 aromatic rings. The van der Waals surface area contributed by atoms with Crippen LogP contribution in [-0.2, 0) is 0 Å². The molecule has 3 N–H and O–H groups in total. The zero-order chi connectivity index (χ0) is 14.1. The number of carbonyl (C=O) groups excluding carboxylic acids is 1. The van der Waals surface area contributed by atoms with E-state index in [0.717, 1.165) is 38.8 Å². The standard InChI is InChI=1S/C13H23N5O/c1-3-5-7-18(8-6-4-2)13(19)11-9-16-12(17-14)10-15-11/h9-10H,3-8,14H2,1-2H3,(H,16,17). The number of nitrogens with two attached hydrogens (primary N) is 1. The number of anilines is 1. The minimum Gasteiger partial charge on any atom is -0.337 e. The lowest BCUT2D eigenvalue weighted by Crippen LogP contribution is -2.33. The molecule has 0 aliphatic heterocycles. The van der Waals surface area contributed by atoms with Crippen LogP contribution >= 0.6 is 0 Å². The lowest BCUT2D eigenvalue weighted by molar-refractivity contribution is 0.0744. The Morgan fingerprint density at radius 2 is 1.84 bits per heavy atom. The normalized spacial score (nSPS) is 10.3. The van der Waals surface area contributed by atoms with Gasteiger partial charge >= 0.3 is 0 Å². The van der Waals surface area contributed by atoms with Gasteiger partial charge in [0.25, 0.3) is 5.91 Å². The maximum absolute atomic E-state index is 12.3. The molecular formula is C13H23N5O. The fourth-order valence-corrected chi connectivity index (χ4v) is 1.69. The summed E-state index contributed by atoms with van der Waals surface area (Å²) in [6.45, 7) is 5.77. The SMILES string of the molecule is CCCCN(CCCC)C(=O)c1cnc(NN)cn1. The Morgan fingerprint density at radius 1 is 1.21 bits per heavy atom. The van der Waals surface area contributed by atoms with Crippen molar-refractivity contribution in [3.8, 4) is 0 Å². The third-order valence-corrected chi connectivity index (χ3v) is 2.87. The lowest BCUT2D eigenvalue weighted by Gasteiger charge is -2.21. The number of aromatic nitrogens is 2. The van der Waals surface area contributed by atoms with Gasteiger partial charge in [0.1, 0.15) is 5.69 Å². The molecule has 0 fully saturated rings. The highest BCUT2D eigenvalue weighted by Gasteiger charge is 2.16. The number of nitrogen functional groups attached to an aromatic ring is 1. The summed E-state index contributed by atoms with van der Waals surface area (Å²) in [6.07, 6.45) is 7.07. The van der Waals surface area contributed by atoms with E-state index < -0.39 is 0 Å². The van der Waals surface area contributed by atoms with Crippen LogP contribution in [0.3, 0.4) is 0 Å². The van der Waals surface area contributed by atoms with E-state index in [2.05, 4.69) is 29.2 Å². The van der Waals surface area contributed by atoms with Crippen molar-refractivity contribution in [1.82, 2.24) is 14.9 Å². The van der Waals surface area contributed by atoms with Crippen LogP contribution < -0.4 is 11.3 Å². The maximum Gasteiger partial charge on any atom is 0.274 e. The molecule has 0 unspecified atom stereocenters. The van der Waals surface area contributed by atoms with Gasteiger partial charge < -0.3 is 10.3 Å². The Labute approximate surface area is 114 Å². The van der Waals surface area contributed by atoms with Crippen molar-refractivity contribution in [1.29, 1.82) is 0 Å². The molecule has 6 heteroatoms. The number of rotatable bonds is 8. The van der Waals surface area contributed by atoms with Crippen molar-refractivity contribution in [2.45, 2.75) is 39.5 Å². The molecule has 6 nitrogen and oxygen atoms in total. The van der Waals surface area contributed by atoms with Gasteiger partial charge in [0.2, 0.25) is 0 Å². The third kappa shape index (κ3) is 4.82. The monoisotopic (exact) mass is 265 g/mol. The summed E-state index contributed by atoms with van der Waals surface area (Å²) in [5, 5.41) is 0. The number of nitrogens with one attached hydrogen (secondary N) is 1. The van der Waals surface area contributed by atoms with Gasteiger partial charge in [-0.3, -0.25) is 4.79 Å². The average Bonchev–Trinajstić information content (AvgIpc) is 2.47. The molecule has 1 rings (SSSR count). The van der Waals surface area contributed by atoms with Crippen LogP contribution in [0.5, 0.6) is 0 Å². The molecule has 0 aliphatic rings. The van der Waals surface area contributed by atoms with Gasteiger partial charge in [0.05, 0.1) is 12.4 Å². The molecule has 0 aromatic carbocycles. The first-order chi connectivity index (χ1) is 9.22. The van der Waals surface area contributed by atoms with Crippen LogP contribution in [0.1, 0.15) is 50.0 Å². The summed E-state index contributed by atoms with van der Waals surface area (Å²) in [7, 11) is 0. The summed E-state index contributed by atoms with van der Waals surface area (Å²) < 4.78 is 0. The zero-order valence-electron chi connectivity index (χ0n) is 11.7. The Balaban J connectivity index is 2.72. The zero-order valence-corrected chi connectivity index (χ0v) is 11.7. The molecule has 0 atom stereocenters. The van der Waals surface area contributed by atoms with E-state index in [1.54, 1.807) is 0 Å². The molecule has 0 radical (unpaired) electrons. The first kappa shape index (κ1) is 15.4. The highest BCUT2D eigenvalue weighted by Crippen LogP contribution is 2.07. The van der Waals surface area contributed by atoms with E-state index in [1.165, 1.54) is 12.4 Å². The van der Waals surface area contributed by atoms with Gasteiger partial charge in [-0.25, -0.2) is 15.8 Å². The Kier molecular flexibility index (Phi) is 6.81. The van der Waals surface area contributed by atoms with Gasteiger partial charge in [-0.1, -0.05) is 26.7 Å². The molecule has 0 spiro atoms. The van der Waals surface area contributed by atoms with E-state index >= 15 is 0 Å². The van der Waals surface area contributed by atoms with Crippen LogP contribution in [0.4, 0.5) is 5.82 Å². The summed E-state index contributed by atoms with van der Waals surface area (Å²) in [5.74, 6) is 5.61. The smallest absolute Gasteiger partial charge is 0.274 e. The van der Waals surface area contributed by atoms with Crippen molar-refractivity contribution in [2.75, 3.05) is 18.5 Å². The largest absolute Gasteiger partial charge is 0.337 e. The second-order valence-electron chi connectivity index (χ2n) is 4.43. The van der Waals surface area contributed by atoms with Gasteiger partial charge in [-0.2, -0.15) is 0 Å². The predicted molar refractivity (Wildman–Crippen MR) is 75.6 cm³/mol. The van der Waals surface area contributed by atoms with Crippen molar-refractivity contribution >= 4 is 11.7 Å². The van der Waals surface area contributed by atoms with Gasteiger partial charge in [0, 0.05) is 13.1 Å².